The van der Waals surface area contributed by atoms with Crippen LogP contribution in [0.4, 0.5) is 17.2 Å². The zero-order valence-electron chi connectivity index (χ0n) is 18.4. The molecule has 0 unspecified atom stereocenters. The van der Waals surface area contributed by atoms with Gasteiger partial charge in [0.05, 0.1) is 11.0 Å². The van der Waals surface area contributed by atoms with E-state index in [-0.39, 0.29) is 5.91 Å². The third-order valence-corrected chi connectivity index (χ3v) is 6.08. The minimum absolute atomic E-state index is 0.0251. The maximum absolute atomic E-state index is 13.2. The van der Waals surface area contributed by atoms with Crippen molar-refractivity contribution in [3.8, 4) is 0 Å². The van der Waals surface area contributed by atoms with Gasteiger partial charge >= 0.3 is 0 Å². The monoisotopic (exact) mass is 450 g/mol. The Balaban J connectivity index is 1.21. The van der Waals surface area contributed by atoms with Crippen LogP contribution < -0.4 is 10.2 Å². The van der Waals surface area contributed by atoms with E-state index in [1.807, 2.05) is 71.6 Å². The van der Waals surface area contributed by atoms with Gasteiger partial charge in [0.15, 0.2) is 5.82 Å². The van der Waals surface area contributed by atoms with E-state index in [1.54, 1.807) is 4.52 Å². The van der Waals surface area contributed by atoms with Crippen molar-refractivity contribution in [2.75, 3.05) is 36.4 Å². The molecule has 6 rings (SSSR count). The summed E-state index contributed by atoms with van der Waals surface area (Å²) in [5, 5.41) is 15.3. The molecule has 1 saturated heterocycles. The third-order valence-electron chi connectivity index (χ3n) is 6.08. The van der Waals surface area contributed by atoms with Gasteiger partial charge in [0.25, 0.3) is 5.91 Å². The molecule has 9 heteroatoms. The number of amides is 1. The van der Waals surface area contributed by atoms with Crippen LogP contribution in [0, 0.1) is 0 Å². The average Bonchev–Trinajstić information content (AvgIpc) is 3.40. The molecule has 1 aliphatic rings. The van der Waals surface area contributed by atoms with Crippen molar-refractivity contribution in [3.63, 3.8) is 0 Å². The molecule has 0 radical (unpaired) electrons. The van der Waals surface area contributed by atoms with Gasteiger partial charge in [-0.2, -0.15) is 4.52 Å². The molecular weight excluding hydrogens is 428 g/mol. The van der Waals surface area contributed by atoms with Crippen LogP contribution in [0.25, 0.3) is 16.7 Å². The second-order valence-electron chi connectivity index (χ2n) is 8.18. The zero-order valence-corrected chi connectivity index (χ0v) is 18.4. The third kappa shape index (κ3) is 3.66. The first kappa shape index (κ1) is 20.1. The van der Waals surface area contributed by atoms with Gasteiger partial charge in [-0.3, -0.25) is 4.79 Å². The molecule has 1 fully saturated rings. The van der Waals surface area contributed by atoms with Gasteiger partial charge in [0, 0.05) is 43.1 Å². The summed E-state index contributed by atoms with van der Waals surface area (Å²) in [6.45, 7) is 2.99. The fourth-order valence-corrected chi connectivity index (χ4v) is 4.34. The number of nitrogens with zero attached hydrogens (tertiary/aromatic N) is 7. The number of benzene rings is 3. The molecule has 168 valence electrons. The van der Waals surface area contributed by atoms with Gasteiger partial charge in [0.2, 0.25) is 5.65 Å². The molecule has 1 aliphatic heterocycles. The number of hydrogen-bond acceptors (Lipinski definition) is 7. The number of hydrogen-bond donors (Lipinski definition) is 1. The number of anilines is 3. The predicted molar refractivity (Wildman–Crippen MR) is 130 cm³/mol. The molecule has 2 aromatic heterocycles. The van der Waals surface area contributed by atoms with E-state index in [4.69, 9.17) is 4.98 Å². The molecule has 1 N–H and O–H groups in total. The van der Waals surface area contributed by atoms with Gasteiger partial charge in [0.1, 0.15) is 0 Å². The Kier molecular flexibility index (Phi) is 4.99. The van der Waals surface area contributed by atoms with Crippen LogP contribution in [0.15, 0.2) is 78.9 Å². The Morgan fingerprint density at radius 3 is 2.50 bits per heavy atom. The summed E-state index contributed by atoms with van der Waals surface area (Å²) in [7, 11) is 0. The Bertz CT molecular complexity index is 1470. The highest BCUT2D eigenvalue weighted by atomic mass is 16.2. The van der Waals surface area contributed by atoms with E-state index < -0.39 is 0 Å². The van der Waals surface area contributed by atoms with Gasteiger partial charge in [-0.1, -0.05) is 36.4 Å². The number of carbonyl (C=O) groups is 1. The first-order chi connectivity index (χ1) is 16.8. The lowest BCUT2D eigenvalue weighted by molar-refractivity contribution is 0.0747. The van der Waals surface area contributed by atoms with Crippen LogP contribution in [-0.2, 0) is 0 Å². The lowest BCUT2D eigenvalue weighted by atomic mass is 10.1. The number of para-hydroxylation sites is 3. The topological polar surface area (TPSA) is 91.5 Å². The number of fused-ring (bicyclic) bond motifs is 3. The Hall–Kier alpha value is -4.53. The molecule has 0 aliphatic carbocycles. The number of tetrazole rings is 1. The molecule has 1 amide bonds. The Morgan fingerprint density at radius 1 is 0.853 bits per heavy atom. The highest BCUT2D eigenvalue weighted by Crippen LogP contribution is 2.24. The van der Waals surface area contributed by atoms with Crippen LogP contribution in [0.2, 0.25) is 0 Å². The fourth-order valence-electron chi connectivity index (χ4n) is 4.34. The van der Waals surface area contributed by atoms with E-state index in [0.717, 1.165) is 29.8 Å². The van der Waals surface area contributed by atoms with Crippen molar-refractivity contribution >= 4 is 39.8 Å². The highest BCUT2D eigenvalue weighted by Gasteiger charge is 2.22. The molecule has 0 atom stereocenters. The van der Waals surface area contributed by atoms with Crippen LogP contribution in [0.5, 0.6) is 0 Å². The van der Waals surface area contributed by atoms with Crippen LogP contribution in [0.1, 0.15) is 10.4 Å². The summed E-state index contributed by atoms with van der Waals surface area (Å²) in [4.78, 5) is 22.1. The van der Waals surface area contributed by atoms with Gasteiger partial charge in [-0.15, -0.1) is 5.10 Å². The summed E-state index contributed by atoms with van der Waals surface area (Å²) in [5.41, 5.74) is 4.70. The van der Waals surface area contributed by atoms with E-state index in [0.29, 0.717) is 30.1 Å². The Labute approximate surface area is 195 Å². The van der Waals surface area contributed by atoms with Crippen LogP contribution in [0.3, 0.4) is 0 Å². The average molecular weight is 451 g/mol. The Morgan fingerprint density at radius 2 is 1.65 bits per heavy atom. The van der Waals surface area contributed by atoms with Crippen molar-refractivity contribution in [3.05, 3.63) is 84.4 Å². The number of aromatic nitrogens is 5. The van der Waals surface area contributed by atoms with Gasteiger partial charge in [-0.05, 0) is 52.9 Å². The smallest absolute Gasteiger partial charge is 0.254 e. The van der Waals surface area contributed by atoms with E-state index in [2.05, 4.69) is 37.9 Å². The molecule has 0 spiro atoms. The van der Waals surface area contributed by atoms with E-state index >= 15 is 0 Å². The summed E-state index contributed by atoms with van der Waals surface area (Å²) >= 11 is 0. The van der Waals surface area contributed by atoms with E-state index in [1.165, 1.54) is 5.69 Å². The summed E-state index contributed by atoms with van der Waals surface area (Å²) < 4.78 is 1.66. The second kappa shape index (κ2) is 8.43. The summed E-state index contributed by atoms with van der Waals surface area (Å²) in [6, 6.07) is 25.5. The van der Waals surface area contributed by atoms with Crippen molar-refractivity contribution in [1.82, 2.24) is 29.9 Å². The van der Waals surface area contributed by atoms with Crippen LogP contribution >= 0.6 is 0 Å². The minimum Gasteiger partial charge on any atom is -0.368 e. The molecule has 34 heavy (non-hydrogen) atoms. The van der Waals surface area contributed by atoms with Crippen molar-refractivity contribution in [1.29, 1.82) is 0 Å². The first-order valence-corrected chi connectivity index (χ1v) is 11.2. The predicted octanol–water partition coefficient (Wildman–Crippen LogP) is 3.38. The highest BCUT2D eigenvalue weighted by molar-refractivity contribution is 5.95. The molecule has 5 aromatic rings. The molecule has 9 nitrogen and oxygen atoms in total. The SMILES string of the molecule is O=C(c1cccc(Nc2nc3ccccc3n3nnnc23)c1)N1CCN(c2ccccc2)CC1. The molecule has 0 bridgehead atoms. The first-order valence-electron chi connectivity index (χ1n) is 11.2. The normalized spacial score (nSPS) is 14.0. The number of piperazine rings is 1. The summed E-state index contributed by atoms with van der Waals surface area (Å²) in [5.74, 6) is 0.557. The van der Waals surface area contributed by atoms with Crippen molar-refractivity contribution in [2.45, 2.75) is 0 Å². The fraction of sp³-hybridized carbons (Fsp3) is 0.160. The molecule has 0 saturated carbocycles. The molecule has 3 heterocycles. The van der Waals surface area contributed by atoms with Crippen molar-refractivity contribution in [2.24, 2.45) is 0 Å². The second-order valence-corrected chi connectivity index (χ2v) is 8.18. The maximum atomic E-state index is 13.2. The quantitative estimate of drug-likeness (QED) is 0.449. The standard InChI is InChI=1S/C25H22N8O/c34-25(32-15-13-31(14-16-32)20-9-2-1-3-10-20)18-7-6-8-19(17-18)26-23-24-28-29-30-33(24)22-12-5-4-11-21(22)27-23/h1-12,17H,13-16H2,(H,26,27). The zero-order chi connectivity index (χ0) is 22.9. The number of nitrogens with one attached hydrogen (secondary N) is 1. The maximum Gasteiger partial charge on any atom is 0.254 e. The lowest BCUT2D eigenvalue weighted by Crippen LogP contribution is -2.48. The minimum atomic E-state index is 0.0251. The van der Waals surface area contributed by atoms with Gasteiger partial charge < -0.3 is 15.1 Å². The number of carbonyl (C=O) groups excluding carboxylic acids is 1. The largest absolute Gasteiger partial charge is 0.368 e. The van der Waals surface area contributed by atoms with Crippen LogP contribution in [-0.4, -0.2) is 62.0 Å². The van der Waals surface area contributed by atoms with Crippen molar-refractivity contribution < 1.29 is 4.79 Å². The van der Waals surface area contributed by atoms with Gasteiger partial charge in [-0.25, -0.2) is 4.98 Å². The molecule has 3 aromatic carbocycles. The summed E-state index contributed by atoms with van der Waals surface area (Å²) in [6.07, 6.45) is 0. The molecular formula is C25H22N8O. The lowest BCUT2D eigenvalue weighted by Gasteiger charge is -2.36. The number of rotatable bonds is 4. The van der Waals surface area contributed by atoms with E-state index in [9.17, 15) is 4.79 Å².